The molecule has 0 saturated heterocycles. The highest BCUT2D eigenvalue weighted by atomic mass is 35.5. The van der Waals surface area contributed by atoms with Crippen LogP contribution in [-0.4, -0.2) is 30.4 Å². The molecule has 1 aliphatic rings. The van der Waals surface area contributed by atoms with Gasteiger partial charge in [-0.05, 0) is 48.6 Å². The van der Waals surface area contributed by atoms with Gasteiger partial charge in [0.05, 0.1) is 11.6 Å². The first-order valence-corrected chi connectivity index (χ1v) is 8.81. The van der Waals surface area contributed by atoms with Crippen LogP contribution in [-0.2, 0) is 16.0 Å². The third-order valence-electron chi connectivity index (χ3n) is 4.68. The van der Waals surface area contributed by atoms with E-state index in [2.05, 4.69) is 6.07 Å². The number of halogens is 2. The summed E-state index contributed by atoms with van der Waals surface area (Å²) in [6.45, 7) is -0.434. The van der Waals surface area contributed by atoms with Gasteiger partial charge in [-0.3, -0.25) is 4.79 Å². The van der Waals surface area contributed by atoms with Crippen LogP contribution < -0.4 is 0 Å². The molecule has 0 aromatic heterocycles. The van der Waals surface area contributed by atoms with Gasteiger partial charge in [0.15, 0.2) is 6.61 Å². The van der Waals surface area contributed by atoms with Gasteiger partial charge in [-0.25, -0.2) is 9.18 Å². The number of rotatable bonds is 4. The number of likely N-dealkylation sites (N-methyl/N-ethyl adjacent to an activating group) is 1. The Labute approximate surface area is 156 Å². The number of benzene rings is 2. The van der Waals surface area contributed by atoms with E-state index in [0.29, 0.717) is 0 Å². The molecule has 0 fully saturated rings. The van der Waals surface area contributed by atoms with Gasteiger partial charge in [0, 0.05) is 12.1 Å². The highest BCUT2D eigenvalue weighted by Crippen LogP contribution is 2.33. The Balaban J connectivity index is 1.64. The normalized spacial score (nSPS) is 15.9. The maximum Gasteiger partial charge on any atom is 0.341 e. The molecular formula is C20H19ClFNO3. The Morgan fingerprint density at radius 3 is 2.81 bits per heavy atom. The van der Waals surface area contributed by atoms with E-state index in [1.165, 1.54) is 17.7 Å². The van der Waals surface area contributed by atoms with Crippen molar-refractivity contribution in [2.45, 2.75) is 25.3 Å². The van der Waals surface area contributed by atoms with Crippen LogP contribution in [0.15, 0.2) is 42.5 Å². The first kappa shape index (κ1) is 18.4. The number of amides is 1. The van der Waals surface area contributed by atoms with Crippen molar-refractivity contribution in [1.29, 1.82) is 0 Å². The molecule has 4 nitrogen and oxygen atoms in total. The van der Waals surface area contributed by atoms with E-state index in [1.807, 2.05) is 18.2 Å². The van der Waals surface area contributed by atoms with Crippen LogP contribution in [0.4, 0.5) is 4.39 Å². The molecule has 1 amide bonds. The number of nitrogens with zero attached hydrogens (tertiary/aromatic N) is 1. The van der Waals surface area contributed by atoms with E-state index in [0.717, 1.165) is 30.9 Å². The van der Waals surface area contributed by atoms with Crippen molar-refractivity contribution in [3.63, 3.8) is 0 Å². The topological polar surface area (TPSA) is 46.6 Å². The van der Waals surface area contributed by atoms with Crippen LogP contribution in [0.1, 0.15) is 40.4 Å². The Hall–Kier alpha value is -2.40. The standard InChI is InChI=1S/C20H19ClFNO3/c1-23(18-8-4-6-13-5-2-3-7-15(13)18)19(24)12-26-20(25)16-10-9-14(21)11-17(16)22/h2-3,5,7,9-11,18H,4,6,8,12H2,1H3/t18-/m1/s1. The van der Waals surface area contributed by atoms with E-state index in [-0.39, 0.29) is 22.5 Å². The molecule has 2 aromatic carbocycles. The number of hydrogen-bond acceptors (Lipinski definition) is 3. The lowest BCUT2D eigenvalue weighted by atomic mass is 9.87. The van der Waals surface area contributed by atoms with Crippen LogP contribution in [0.5, 0.6) is 0 Å². The minimum atomic E-state index is -0.884. The van der Waals surface area contributed by atoms with E-state index in [4.69, 9.17) is 16.3 Å². The molecule has 0 saturated carbocycles. The van der Waals surface area contributed by atoms with Gasteiger partial charge >= 0.3 is 5.97 Å². The molecule has 1 aliphatic carbocycles. The summed E-state index contributed by atoms with van der Waals surface area (Å²) in [6, 6.07) is 11.7. The van der Waals surface area contributed by atoms with E-state index in [1.54, 1.807) is 11.9 Å². The van der Waals surface area contributed by atoms with Gasteiger partial charge in [0.2, 0.25) is 0 Å². The van der Waals surface area contributed by atoms with Crippen LogP contribution in [0.2, 0.25) is 5.02 Å². The summed E-state index contributed by atoms with van der Waals surface area (Å²) < 4.78 is 18.8. The molecule has 0 spiro atoms. The van der Waals surface area contributed by atoms with Gasteiger partial charge in [-0.2, -0.15) is 0 Å². The van der Waals surface area contributed by atoms with Crippen molar-refractivity contribution >= 4 is 23.5 Å². The lowest BCUT2D eigenvalue weighted by Gasteiger charge is -2.33. The molecular weight excluding hydrogens is 357 g/mol. The zero-order valence-corrected chi connectivity index (χ0v) is 15.1. The SMILES string of the molecule is CN(C(=O)COC(=O)c1ccc(Cl)cc1F)[C@@H]1CCCc2ccccc21. The molecule has 26 heavy (non-hydrogen) atoms. The average Bonchev–Trinajstić information content (AvgIpc) is 2.64. The summed E-state index contributed by atoms with van der Waals surface area (Å²) >= 11 is 5.67. The van der Waals surface area contributed by atoms with E-state index >= 15 is 0 Å². The zero-order valence-electron chi connectivity index (χ0n) is 14.4. The lowest BCUT2D eigenvalue weighted by Crippen LogP contribution is -2.36. The fourth-order valence-electron chi connectivity index (χ4n) is 3.27. The summed E-state index contributed by atoms with van der Waals surface area (Å²) in [5.74, 6) is -1.98. The fraction of sp³-hybridized carbons (Fsp3) is 0.300. The largest absolute Gasteiger partial charge is 0.452 e. The number of esters is 1. The summed E-state index contributed by atoms with van der Waals surface area (Å²) in [5.41, 5.74) is 2.13. The molecule has 6 heteroatoms. The number of aryl methyl sites for hydroxylation is 1. The third-order valence-corrected chi connectivity index (χ3v) is 4.91. The predicted molar refractivity (Wildman–Crippen MR) is 96.6 cm³/mol. The van der Waals surface area contributed by atoms with Crippen molar-refractivity contribution in [1.82, 2.24) is 4.90 Å². The lowest BCUT2D eigenvalue weighted by molar-refractivity contribution is -0.135. The molecule has 3 rings (SSSR count). The van der Waals surface area contributed by atoms with Crippen LogP contribution in [0.25, 0.3) is 0 Å². The van der Waals surface area contributed by atoms with Gasteiger partial charge in [-0.15, -0.1) is 0 Å². The Kier molecular flexibility index (Phi) is 5.57. The average molecular weight is 376 g/mol. The molecule has 0 bridgehead atoms. The number of ether oxygens (including phenoxy) is 1. The predicted octanol–water partition coefficient (Wildman–Crippen LogP) is 4.17. The molecule has 0 heterocycles. The van der Waals surface area contributed by atoms with Gasteiger partial charge < -0.3 is 9.64 Å². The zero-order chi connectivity index (χ0) is 18.7. The minimum Gasteiger partial charge on any atom is -0.452 e. The number of hydrogen-bond donors (Lipinski definition) is 0. The third kappa shape index (κ3) is 3.88. The second-order valence-corrected chi connectivity index (χ2v) is 6.75. The highest BCUT2D eigenvalue weighted by molar-refractivity contribution is 6.30. The van der Waals surface area contributed by atoms with Gasteiger partial charge in [-0.1, -0.05) is 35.9 Å². The van der Waals surface area contributed by atoms with Crippen molar-refractivity contribution in [2.24, 2.45) is 0 Å². The van der Waals surface area contributed by atoms with Crippen LogP contribution in [0.3, 0.4) is 0 Å². The molecule has 136 valence electrons. The van der Waals surface area contributed by atoms with Crippen LogP contribution in [0, 0.1) is 5.82 Å². The first-order chi connectivity index (χ1) is 12.5. The second-order valence-electron chi connectivity index (χ2n) is 6.31. The number of carbonyl (C=O) groups excluding carboxylic acids is 2. The Bertz CT molecular complexity index is 840. The van der Waals surface area contributed by atoms with Gasteiger partial charge in [0.1, 0.15) is 5.82 Å². The monoisotopic (exact) mass is 375 g/mol. The van der Waals surface area contributed by atoms with Gasteiger partial charge in [0.25, 0.3) is 5.91 Å². The van der Waals surface area contributed by atoms with E-state index in [9.17, 15) is 14.0 Å². The fourth-order valence-corrected chi connectivity index (χ4v) is 3.43. The maximum atomic E-state index is 13.8. The minimum absolute atomic E-state index is 0.0431. The van der Waals surface area contributed by atoms with Crippen LogP contribution >= 0.6 is 11.6 Å². The summed E-state index contributed by atoms with van der Waals surface area (Å²) in [7, 11) is 1.70. The van der Waals surface area contributed by atoms with Crippen molar-refractivity contribution < 1.29 is 18.7 Å². The summed E-state index contributed by atoms with van der Waals surface area (Å²) in [5, 5.41) is 0.186. The molecule has 0 aliphatic heterocycles. The summed E-state index contributed by atoms with van der Waals surface area (Å²) in [6.07, 6.45) is 2.85. The number of carbonyl (C=O) groups is 2. The Morgan fingerprint density at radius 1 is 1.27 bits per heavy atom. The Morgan fingerprint density at radius 2 is 2.04 bits per heavy atom. The summed E-state index contributed by atoms with van der Waals surface area (Å²) in [4.78, 5) is 26.1. The van der Waals surface area contributed by atoms with E-state index < -0.39 is 18.4 Å². The molecule has 2 aromatic rings. The second kappa shape index (κ2) is 7.87. The number of fused-ring (bicyclic) bond motifs is 1. The van der Waals surface area contributed by atoms with Crippen molar-refractivity contribution in [3.05, 3.63) is 70.0 Å². The van der Waals surface area contributed by atoms with Crippen molar-refractivity contribution in [3.8, 4) is 0 Å². The van der Waals surface area contributed by atoms with Crippen molar-refractivity contribution in [2.75, 3.05) is 13.7 Å². The highest BCUT2D eigenvalue weighted by Gasteiger charge is 2.27. The molecule has 1 atom stereocenters. The first-order valence-electron chi connectivity index (χ1n) is 8.43. The molecule has 0 radical (unpaired) electrons. The molecule has 0 unspecified atom stereocenters. The smallest absolute Gasteiger partial charge is 0.341 e. The quantitative estimate of drug-likeness (QED) is 0.753. The maximum absolute atomic E-state index is 13.8. The molecule has 0 N–H and O–H groups in total.